The van der Waals surface area contributed by atoms with Crippen molar-refractivity contribution >= 4 is 17.4 Å². The molecule has 0 aliphatic rings. The van der Waals surface area contributed by atoms with Crippen molar-refractivity contribution in [1.29, 1.82) is 0 Å². The summed E-state index contributed by atoms with van der Waals surface area (Å²) in [6.07, 6.45) is 5.02. The third-order valence-corrected chi connectivity index (χ3v) is 2.34. The molecule has 2 heterocycles. The summed E-state index contributed by atoms with van der Waals surface area (Å²) in [6, 6.07) is 5.43. The maximum absolute atomic E-state index is 5.52. The second-order valence-corrected chi connectivity index (χ2v) is 3.55. The largest absolute Gasteiger partial charge is 0.397 e. The summed E-state index contributed by atoms with van der Waals surface area (Å²) in [6.45, 7) is 0. The lowest BCUT2D eigenvalue weighted by molar-refractivity contribution is 0.960. The lowest BCUT2D eigenvalue weighted by Crippen LogP contribution is -1.88. The molecule has 70 valence electrons. The smallest absolute Gasteiger partial charge is 0.193 e. The van der Waals surface area contributed by atoms with Crippen LogP contribution in [-0.2, 0) is 0 Å². The Labute approximate surface area is 85.6 Å². The van der Waals surface area contributed by atoms with Crippen molar-refractivity contribution in [3.8, 4) is 0 Å². The predicted octanol–water partition coefficient (Wildman–Crippen LogP) is 1.60. The molecule has 0 fully saturated rings. The summed E-state index contributed by atoms with van der Waals surface area (Å²) in [5.41, 5.74) is 6.17. The van der Waals surface area contributed by atoms with Crippen molar-refractivity contribution in [3.05, 3.63) is 36.8 Å². The number of nitrogens with zero attached hydrogens (tertiary/aromatic N) is 3. The molecular weight excluding hydrogens is 196 g/mol. The number of hydrogen-bond donors (Lipinski definition) is 1. The van der Waals surface area contributed by atoms with Crippen molar-refractivity contribution in [2.24, 2.45) is 0 Å². The quantitative estimate of drug-likeness (QED) is 0.753. The molecule has 2 aromatic heterocycles. The van der Waals surface area contributed by atoms with E-state index in [0.717, 1.165) is 5.03 Å². The Morgan fingerprint density at radius 2 is 1.86 bits per heavy atom. The van der Waals surface area contributed by atoms with Crippen molar-refractivity contribution in [2.75, 3.05) is 5.73 Å². The second kappa shape index (κ2) is 4.06. The highest BCUT2D eigenvalue weighted by molar-refractivity contribution is 7.99. The predicted molar refractivity (Wildman–Crippen MR) is 54.8 cm³/mol. The average molecular weight is 204 g/mol. The van der Waals surface area contributed by atoms with E-state index in [1.165, 1.54) is 11.8 Å². The van der Waals surface area contributed by atoms with Gasteiger partial charge in [-0.25, -0.2) is 15.0 Å². The SMILES string of the molecule is Nc1ccc(Sc2ncccn2)nc1. The Bertz CT molecular complexity index is 401. The van der Waals surface area contributed by atoms with Gasteiger partial charge in [0.05, 0.1) is 11.9 Å². The fraction of sp³-hybridized carbons (Fsp3) is 0. The maximum Gasteiger partial charge on any atom is 0.193 e. The Morgan fingerprint density at radius 1 is 1.07 bits per heavy atom. The number of hydrogen-bond acceptors (Lipinski definition) is 5. The van der Waals surface area contributed by atoms with Gasteiger partial charge in [-0.15, -0.1) is 0 Å². The van der Waals surface area contributed by atoms with Gasteiger partial charge in [0, 0.05) is 12.4 Å². The fourth-order valence-corrected chi connectivity index (χ4v) is 1.54. The van der Waals surface area contributed by atoms with Gasteiger partial charge in [-0.3, -0.25) is 0 Å². The van der Waals surface area contributed by atoms with E-state index in [9.17, 15) is 0 Å². The van der Waals surface area contributed by atoms with Gasteiger partial charge >= 0.3 is 0 Å². The zero-order valence-corrected chi connectivity index (χ0v) is 8.11. The van der Waals surface area contributed by atoms with Crippen LogP contribution < -0.4 is 5.73 Å². The van der Waals surface area contributed by atoms with E-state index in [1.807, 2.05) is 6.07 Å². The monoisotopic (exact) mass is 204 g/mol. The average Bonchev–Trinajstić information content (AvgIpc) is 2.23. The van der Waals surface area contributed by atoms with E-state index >= 15 is 0 Å². The van der Waals surface area contributed by atoms with E-state index in [1.54, 1.807) is 30.7 Å². The topological polar surface area (TPSA) is 64.7 Å². The van der Waals surface area contributed by atoms with Crippen LogP contribution >= 0.6 is 11.8 Å². The molecule has 0 spiro atoms. The van der Waals surface area contributed by atoms with Crippen LogP contribution in [0.25, 0.3) is 0 Å². The Hall–Kier alpha value is -1.62. The summed E-state index contributed by atoms with van der Waals surface area (Å²) in [5, 5.41) is 1.52. The summed E-state index contributed by atoms with van der Waals surface area (Å²) >= 11 is 1.41. The van der Waals surface area contributed by atoms with Crippen LogP contribution in [-0.4, -0.2) is 15.0 Å². The molecule has 0 aromatic carbocycles. The number of aromatic nitrogens is 3. The van der Waals surface area contributed by atoms with Crippen LogP contribution in [0.3, 0.4) is 0 Å². The van der Waals surface area contributed by atoms with Gasteiger partial charge in [-0.1, -0.05) is 0 Å². The standard InChI is InChI=1S/C9H8N4S/c10-7-2-3-8(13-6-7)14-9-11-4-1-5-12-9/h1-6H,10H2. The second-order valence-electron chi connectivity index (χ2n) is 2.56. The van der Waals surface area contributed by atoms with Crippen LogP contribution in [0.2, 0.25) is 0 Å². The first-order valence-corrected chi connectivity index (χ1v) is 4.82. The third-order valence-electron chi connectivity index (χ3n) is 1.50. The highest BCUT2D eigenvalue weighted by Crippen LogP contribution is 2.21. The first-order valence-electron chi connectivity index (χ1n) is 4.01. The van der Waals surface area contributed by atoms with Crippen molar-refractivity contribution in [1.82, 2.24) is 15.0 Å². The van der Waals surface area contributed by atoms with Gasteiger partial charge in [0.1, 0.15) is 5.03 Å². The molecule has 0 unspecified atom stereocenters. The Balaban J connectivity index is 2.16. The summed E-state index contributed by atoms with van der Waals surface area (Å²) in [5.74, 6) is 0. The van der Waals surface area contributed by atoms with E-state index in [4.69, 9.17) is 5.73 Å². The number of rotatable bonds is 2. The maximum atomic E-state index is 5.52. The molecule has 14 heavy (non-hydrogen) atoms. The van der Waals surface area contributed by atoms with Gasteiger partial charge in [0.2, 0.25) is 0 Å². The van der Waals surface area contributed by atoms with Crippen LogP contribution in [0.4, 0.5) is 5.69 Å². The van der Waals surface area contributed by atoms with Crippen LogP contribution in [0, 0.1) is 0 Å². The number of pyridine rings is 1. The van der Waals surface area contributed by atoms with Crippen molar-refractivity contribution in [3.63, 3.8) is 0 Å². The summed E-state index contributed by atoms with van der Waals surface area (Å²) < 4.78 is 0. The minimum atomic E-state index is 0.656. The molecule has 2 N–H and O–H groups in total. The van der Waals surface area contributed by atoms with E-state index < -0.39 is 0 Å². The molecule has 0 radical (unpaired) electrons. The van der Waals surface area contributed by atoms with Crippen molar-refractivity contribution in [2.45, 2.75) is 10.2 Å². The zero-order valence-electron chi connectivity index (χ0n) is 7.29. The molecule has 0 saturated carbocycles. The fourth-order valence-electron chi connectivity index (χ4n) is 0.884. The molecule has 0 bridgehead atoms. The molecule has 0 amide bonds. The Kier molecular flexibility index (Phi) is 2.60. The van der Waals surface area contributed by atoms with Gasteiger partial charge in [0.25, 0.3) is 0 Å². The zero-order chi connectivity index (χ0) is 9.80. The molecule has 4 nitrogen and oxygen atoms in total. The molecule has 2 rings (SSSR count). The summed E-state index contributed by atoms with van der Waals surface area (Å²) in [7, 11) is 0. The van der Waals surface area contributed by atoms with Gasteiger partial charge in [-0.05, 0) is 30.0 Å². The Morgan fingerprint density at radius 3 is 2.50 bits per heavy atom. The number of anilines is 1. The van der Waals surface area contributed by atoms with E-state index in [0.29, 0.717) is 10.8 Å². The highest BCUT2D eigenvalue weighted by Gasteiger charge is 1.99. The van der Waals surface area contributed by atoms with Crippen LogP contribution in [0.1, 0.15) is 0 Å². The van der Waals surface area contributed by atoms with E-state index in [-0.39, 0.29) is 0 Å². The lowest BCUT2D eigenvalue weighted by Gasteiger charge is -1.98. The van der Waals surface area contributed by atoms with Gasteiger partial charge < -0.3 is 5.73 Å². The number of nitrogens with two attached hydrogens (primary N) is 1. The van der Waals surface area contributed by atoms with Crippen LogP contribution in [0.15, 0.2) is 47.0 Å². The molecule has 0 aliphatic carbocycles. The molecule has 0 aliphatic heterocycles. The molecule has 5 heteroatoms. The highest BCUT2D eigenvalue weighted by atomic mass is 32.2. The van der Waals surface area contributed by atoms with Gasteiger partial charge in [0.15, 0.2) is 5.16 Å². The minimum Gasteiger partial charge on any atom is -0.397 e. The molecule has 0 saturated heterocycles. The molecule has 2 aromatic rings. The summed E-state index contributed by atoms with van der Waals surface area (Å²) in [4.78, 5) is 12.3. The first-order chi connectivity index (χ1) is 6.84. The third kappa shape index (κ3) is 2.20. The molecule has 0 atom stereocenters. The normalized spacial score (nSPS) is 10.0. The lowest BCUT2D eigenvalue weighted by atomic mass is 10.4. The minimum absolute atomic E-state index is 0.656. The van der Waals surface area contributed by atoms with E-state index in [2.05, 4.69) is 15.0 Å². The molecular formula is C9H8N4S. The van der Waals surface area contributed by atoms with Crippen LogP contribution in [0.5, 0.6) is 0 Å². The first kappa shape index (κ1) is 8.96. The number of nitrogen functional groups attached to an aromatic ring is 1. The van der Waals surface area contributed by atoms with Gasteiger partial charge in [-0.2, -0.15) is 0 Å². The van der Waals surface area contributed by atoms with Crippen molar-refractivity contribution < 1.29 is 0 Å².